The zero-order valence-electron chi connectivity index (χ0n) is 3.42. The van der Waals surface area contributed by atoms with Crippen LogP contribution in [-0.2, 0) is 0 Å². The Kier molecular flexibility index (Phi) is 2.07. The van der Waals surface area contributed by atoms with E-state index in [0.717, 1.165) is 0 Å². The summed E-state index contributed by atoms with van der Waals surface area (Å²) in [6.07, 6.45) is 0. The molecular formula is C2H4O4Si. The van der Waals surface area contributed by atoms with Gasteiger partial charge in [-0.3, -0.25) is 9.59 Å². The van der Waals surface area contributed by atoms with Gasteiger partial charge in [0.2, 0.25) is 0 Å². The molecule has 4 nitrogen and oxygen atoms in total. The fraction of sp³-hybridized carbons (Fsp3) is 0. The van der Waals surface area contributed by atoms with Crippen LogP contribution in [0.2, 0.25) is 0 Å². The van der Waals surface area contributed by atoms with Gasteiger partial charge in [-0.2, -0.15) is 0 Å². The van der Waals surface area contributed by atoms with Gasteiger partial charge < -0.3 is 10.2 Å². The van der Waals surface area contributed by atoms with E-state index < -0.39 is 20.7 Å². The largest absolute Gasteiger partial charge is 0.486 e. The number of carboxylic acid groups (broad SMARTS) is 2. The predicted molar refractivity (Wildman–Crippen MR) is 24.6 cm³/mol. The van der Waals surface area contributed by atoms with Gasteiger partial charge in [0.05, 0.1) is 0 Å². The van der Waals surface area contributed by atoms with Gasteiger partial charge in [0.25, 0.3) is 20.7 Å². The molecule has 0 spiro atoms. The van der Waals surface area contributed by atoms with Crippen LogP contribution in [0.1, 0.15) is 0 Å². The molecule has 0 saturated carbocycles. The maximum absolute atomic E-state index is 9.49. The molecule has 5 heteroatoms. The van der Waals surface area contributed by atoms with Crippen molar-refractivity contribution in [2.75, 3.05) is 0 Å². The van der Waals surface area contributed by atoms with Crippen LogP contribution in [-0.4, -0.2) is 30.9 Å². The van der Waals surface area contributed by atoms with Crippen molar-refractivity contribution < 1.29 is 19.8 Å². The monoisotopic (exact) mass is 120 g/mol. The normalized spacial score (nSPS) is 8.00. The van der Waals surface area contributed by atoms with E-state index in [1.54, 1.807) is 0 Å². The summed E-state index contributed by atoms with van der Waals surface area (Å²) in [5.41, 5.74) is -2.35. The van der Waals surface area contributed by atoms with Gasteiger partial charge in [-0.25, -0.2) is 0 Å². The van der Waals surface area contributed by atoms with E-state index in [4.69, 9.17) is 10.2 Å². The highest BCUT2D eigenvalue weighted by Crippen LogP contribution is 1.65. The molecule has 0 heterocycles. The van der Waals surface area contributed by atoms with Gasteiger partial charge in [-0.1, -0.05) is 0 Å². The summed E-state index contributed by atoms with van der Waals surface area (Å²) in [7, 11) is -1.89. The molecule has 0 unspecified atom stereocenters. The van der Waals surface area contributed by atoms with Crippen molar-refractivity contribution in [3.8, 4) is 0 Å². The van der Waals surface area contributed by atoms with E-state index in [9.17, 15) is 9.59 Å². The highest BCUT2D eigenvalue weighted by atomic mass is 28.2. The molecule has 0 rings (SSSR count). The molecule has 0 atom stereocenters. The summed E-state index contributed by atoms with van der Waals surface area (Å²) in [6, 6.07) is 0. The third-order valence-electron chi connectivity index (χ3n) is 0.302. The van der Waals surface area contributed by atoms with Crippen LogP contribution in [0.5, 0.6) is 0 Å². The molecule has 40 valence electrons. The predicted octanol–water partition coefficient (Wildman–Crippen LogP) is -0.489. The van der Waals surface area contributed by atoms with Gasteiger partial charge in [0, 0.05) is 0 Å². The molecule has 7 heavy (non-hydrogen) atoms. The molecule has 0 bridgehead atoms. The lowest BCUT2D eigenvalue weighted by Crippen LogP contribution is -2.14. The summed E-state index contributed by atoms with van der Waals surface area (Å²) in [5, 5.41) is 15.5. The van der Waals surface area contributed by atoms with E-state index in [2.05, 4.69) is 0 Å². The highest BCUT2D eigenvalue weighted by molar-refractivity contribution is 6.94. The molecule has 2 N–H and O–H groups in total. The number of rotatable bonds is 2. The average Bonchev–Trinajstić information content (AvgIpc) is 1.27. The molecule has 0 saturated heterocycles. The Morgan fingerprint density at radius 1 is 1.14 bits per heavy atom. The van der Waals surface area contributed by atoms with Crippen molar-refractivity contribution in [2.45, 2.75) is 0 Å². The summed E-state index contributed by atoms with van der Waals surface area (Å²) in [4.78, 5) is 19.0. The second kappa shape index (κ2) is 2.35. The van der Waals surface area contributed by atoms with E-state index in [-0.39, 0.29) is 0 Å². The van der Waals surface area contributed by atoms with Crippen LogP contribution in [0.25, 0.3) is 0 Å². The fourth-order valence-electron chi connectivity index (χ4n) is 0.129. The van der Waals surface area contributed by atoms with Crippen LogP contribution >= 0.6 is 0 Å². The van der Waals surface area contributed by atoms with Crippen molar-refractivity contribution in [1.82, 2.24) is 0 Å². The third-order valence-corrected chi connectivity index (χ3v) is 0.907. The molecule has 0 aliphatic rings. The zero-order chi connectivity index (χ0) is 5.86. The summed E-state index contributed by atoms with van der Waals surface area (Å²) in [6.45, 7) is 0. The number of carbonyl (C=O) groups is 2. The van der Waals surface area contributed by atoms with Crippen molar-refractivity contribution in [3.05, 3.63) is 0 Å². The minimum atomic E-state index is -1.89. The molecule has 0 aliphatic carbocycles. The topological polar surface area (TPSA) is 74.6 Å². The van der Waals surface area contributed by atoms with Crippen LogP contribution in [0.3, 0.4) is 0 Å². The second-order valence-electron chi connectivity index (χ2n) is 0.964. The van der Waals surface area contributed by atoms with E-state index in [1.165, 1.54) is 0 Å². The van der Waals surface area contributed by atoms with Crippen molar-refractivity contribution in [3.63, 3.8) is 0 Å². The van der Waals surface area contributed by atoms with Crippen molar-refractivity contribution in [2.24, 2.45) is 0 Å². The summed E-state index contributed by atoms with van der Waals surface area (Å²) < 4.78 is 0. The number of hydrogen-bond acceptors (Lipinski definition) is 2. The highest BCUT2D eigenvalue weighted by Gasteiger charge is 2.04. The molecule has 0 aromatic heterocycles. The Labute approximate surface area is 41.6 Å². The van der Waals surface area contributed by atoms with E-state index in [1.807, 2.05) is 0 Å². The van der Waals surface area contributed by atoms with Gasteiger partial charge >= 0.3 is 0 Å². The first-order valence-electron chi connectivity index (χ1n) is 1.56. The molecule has 0 radical (unpaired) electrons. The van der Waals surface area contributed by atoms with Gasteiger partial charge in [0.1, 0.15) is 0 Å². The lowest BCUT2D eigenvalue weighted by atomic mass is 11.6. The van der Waals surface area contributed by atoms with E-state index >= 15 is 0 Å². The molecule has 0 aliphatic heterocycles. The Bertz CT molecular complexity index is 85.9. The molecule has 0 fully saturated rings. The smallest absolute Gasteiger partial charge is 0.282 e. The van der Waals surface area contributed by atoms with Gasteiger partial charge in [-0.15, -0.1) is 0 Å². The minimum Gasteiger partial charge on any atom is -0.486 e. The molecule has 0 aromatic rings. The average molecular weight is 120 g/mol. The van der Waals surface area contributed by atoms with Crippen LogP contribution < -0.4 is 0 Å². The fourth-order valence-corrected chi connectivity index (χ4v) is 0.388. The Morgan fingerprint density at radius 2 is 1.43 bits per heavy atom. The summed E-state index contributed by atoms with van der Waals surface area (Å²) >= 11 is 0. The maximum atomic E-state index is 9.49. The standard InChI is InChI=1S/C2H4O4Si/c3-1(4)7-2(5)6/h7H2,(H,3,4)(H,5,6). The zero-order valence-corrected chi connectivity index (χ0v) is 4.83. The molecule has 0 aromatic carbocycles. The van der Waals surface area contributed by atoms with Crippen LogP contribution in [0.15, 0.2) is 0 Å². The van der Waals surface area contributed by atoms with Crippen LogP contribution in [0, 0.1) is 0 Å². The number of hydrogen-bond donors (Lipinski definition) is 2. The van der Waals surface area contributed by atoms with Crippen molar-refractivity contribution in [1.29, 1.82) is 0 Å². The maximum Gasteiger partial charge on any atom is 0.282 e. The quantitative estimate of drug-likeness (QED) is 0.482. The lowest BCUT2D eigenvalue weighted by molar-refractivity contribution is 0.213. The van der Waals surface area contributed by atoms with Crippen molar-refractivity contribution >= 4 is 20.7 Å². The Balaban J connectivity index is 3.32. The molecule has 0 amide bonds. The van der Waals surface area contributed by atoms with E-state index in [0.29, 0.717) is 0 Å². The second-order valence-corrected chi connectivity index (χ2v) is 2.53. The van der Waals surface area contributed by atoms with Gasteiger partial charge in [-0.05, 0) is 0 Å². The first kappa shape index (κ1) is 6.16. The Morgan fingerprint density at radius 3 is 1.43 bits per heavy atom. The molecular weight excluding hydrogens is 116 g/mol. The first-order valence-corrected chi connectivity index (χ1v) is 2.98. The lowest BCUT2D eigenvalue weighted by Gasteiger charge is -1.79. The first-order chi connectivity index (χ1) is 3.13. The minimum absolute atomic E-state index is 1.17. The van der Waals surface area contributed by atoms with Gasteiger partial charge in [0.15, 0.2) is 0 Å². The SMILES string of the molecule is O=C(O)[SiH2]C(=O)O. The summed E-state index contributed by atoms with van der Waals surface area (Å²) in [5.74, 6) is 0. The third kappa shape index (κ3) is 5.16. The Hall–Kier alpha value is -0.843. The van der Waals surface area contributed by atoms with Crippen LogP contribution in [0.4, 0.5) is 9.59 Å².